The van der Waals surface area contributed by atoms with E-state index in [9.17, 15) is 13.2 Å². The summed E-state index contributed by atoms with van der Waals surface area (Å²) in [4.78, 5) is 17.1. The van der Waals surface area contributed by atoms with Gasteiger partial charge in [0, 0.05) is 16.6 Å². The number of benzene rings is 2. The summed E-state index contributed by atoms with van der Waals surface area (Å²) in [5.74, 6) is 0.244. The SMILES string of the molecule is COc1ccccc1-c1nc(C(=O)Nc2cccc(S(=O)(=O)NC(C)(C)C)c2)cs1. The molecule has 3 rings (SSSR count). The summed E-state index contributed by atoms with van der Waals surface area (Å²) in [5, 5.41) is 5.02. The lowest BCUT2D eigenvalue weighted by Gasteiger charge is -2.20. The van der Waals surface area contributed by atoms with Gasteiger partial charge in [0.1, 0.15) is 16.5 Å². The number of carbonyl (C=O) groups excluding carboxylic acids is 1. The zero-order valence-electron chi connectivity index (χ0n) is 17.1. The Morgan fingerprint density at radius 1 is 1.10 bits per heavy atom. The molecule has 1 heterocycles. The van der Waals surface area contributed by atoms with Crippen LogP contribution in [0.3, 0.4) is 0 Å². The smallest absolute Gasteiger partial charge is 0.275 e. The van der Waals surface area contributed by atoms with Crippen LogP contribution in [0.1, 0.15) is 31.3 Å². The minimum absolute atomic E-state index is 0.0724. The molecule has 0 saturated heterocycles. The van der Waals surface area contributed by atoms with Crippen LogP contribution >= 0.6 is 11.3 Å². The largest absolute Gasteiger partial charge is 0.496 e. The molecule has 30 heavy (non-hydrogen) atoms. The highest BCUT2D eigenvalue weighted by Gasteiger charge is 2.22. The Labute approximate surface area is 180 Å². The predicted molar refractivity (Wildman–Crippen MR) is 119 cm³/mol. The summed E-state index contributed by atoms with van der Waals surface area (Å²) in [6, 6.07) is 13.5. The van der Waals surface area contributed by atoms with Gasteiger partial charge in [0.2, 0.25) is 10.0 Å². The predicted octanol–water partition coefficient (Wildman–Crippen LogP) is 4.15. The third kappa shape index (κ3) is 5.24. The highest BCUT2D eigenvalue weighted by atomic mass is 32.2. The van der Waals surface area contributed by atoms with Crippen LogP contribution in [0.2, 0.25) is 0 Å². The van der Waals surface area contributed by atoms with Crippen molar-refractivity contribution in [1.29, 1.82) is 0 Å². The van der Waals surface area contributed by atoms with E-state index in [1.54, 1.807) is 45.4 Å². The van der Waals surface area contributed by atoms with Crippen LogP contribution in [0.25, 0.3) is 10.6 Å². The zero-order chi connectivity index (χ0) is 21.9. The number of sulfonamides is 1. The van der Waals surface area contributed by atoms with E-state index in [-0.39, 0.29) is 10.6 Å². The van der Waals surface area contributed by atoms with Crippen molar-refractivity contribution in [2.24, 2.45) is 0 Å². The first kappa shape index (κ1) is 21.9. The quantitative estimate of drug-likeness (QED) is 0.594. The number of nitrogens with zero attached hydrogens (tertiary/aromatic N) is 1. The van der Waals surface area contributed by atoms with Crippen molar-refractivity contribution >= 4 is 33.0 Å². The second kappa shape index (κ2) is 8.55. The number of aromatic nitrogens is 1. The molecule has 0 unspecified atom stereocenters. The number of amides is 1. The van der Waals surface area contributed by atoms with Crippen molar-refractivity contribution in [2.45, 2.75) is 31.2 Å². The molecule has 2 N–H and O–H groups in total. The molecule has 0 bridgehead atoms. The van der Waals surface area contributed by atoms with Gasteiger partial charge in [0.05, 0.1) is 17.6 Å². The van der Waals surface area contributed by atoms with Crippen molar-refractivity contribution in [3.05, 3.63) is 59.6 Å². The third-order valence-electron chi connectivity index (χ3n) is 3.92. The van der Waals surface area contributed by atoms with E-state index in [4.69, 9.17) is 4.74 Å². The number of anilines is 1. The van der Waals surface area contributed by atoms with Crippen LogP contribution < -0.4 is 14.8 Å². The number of nitrogens with one attached hydrogen (secondary N) is 2. The summed E-state index contributed by atoms with van der Waals surface area (Å²) in [7, 11) is -2.13. The lowest BCUT2D eigenvalue weighted by atomic mass is 10.1. The fourth-order valence-corrected chi connectivity index (χ4v) is 5.01. The van der Waals surface area contributed by atoms with E-state index in [0.717, 1.165) is 5.56 Å². The Balaban J connectivity index is 1.80. The molecule has 0 atom stereocenters. The number of hydrogen-bond donors (Lipinski definition) is 2. The Kier molecular flexibility index (Phi) is 6.25. The molecule has 0 spiro atoms. The summed E-state index contributed by atoms with van der Waals surface area (Å²) >= 11 is 1.33. The van der Waals surface area contributed by atoms with Gasteiger partial charge >= 0.3 is 0 Å². The molecular weight excluding hydrogens is 422 g/mol. The van der Waals surface area contributed by atoms with Gasteiger partial charge in [-0.3, -0.25) is 4.79 Å². The van der Waals surface area contributed by atoms with Crippen molar-refractivity contribution < 1.29 is 17.9 Å². The van der Waals surface area contributed by atoms with Gasteiger partial charge in [-0.25, -0.2) is 18.1 Å². The lowest BCUT2D eigenvalue weighted by Crippen LogP contribution is -2.40. The van der Waals surface area contributed by atoms with E-state index < -0.39 is 21.5 Å². The topological polar surface area (TPSA) is 97.4 Å². The van der Waals surface area contributed by atoms with E-state index >= 15 is 0 Å². The van der Waals surface area contributed by atoms with Crippen LogP contribution in [-0.2, 0) is 10.0 Å². The molecule has 3 aromatic rings. The molecule has 0 aliphatic heterocycles. The van der Waals surface area contributed by atoms with Gasteiger partial charge in [0.25, 0.3) is 5.91 Å². The maximum atomic E-state index is 12.6. The van der Waals surface area contributed by atoms with E-state index in [1.807, 2.05) is 24.3 Å². The molecule has 0 aliphatic carbocycles. The van der Waals surface area contributed by atoms with Crippen LogP contribution in [0.15, 0.2) is 58.8 Å². The zero-order valence-corrected chi connectivity index (χ0v) is 18.7. The van der Waals surface area contributed by atoms with E-state index in [0.29, 0.717) is 16.4 Å². The van der Waals surface area contributed by atoms with Crippen LogP contribution in [0.4, 0.5) is 5.69 Å². The van der Waals surface area contributed by atoms with E-state index in [1.165, 1.54) is 23.5 Å². The molecule has 0 aliphatic rings. The monoisotopic (exact) mass is 445 g/mol. The molecule has 2 aromatic carbocycles. The van der Waals surface area contributed by atoms with Gasteiger partial charge in [-0.2, -0.15) is 0 Å². The standard InChI is InChI=1S/C21H23N3O4S2/c1-21(2,3)24-30(26,27)15-9-7-8-14(12-15)22-19(25)17-13-29-20(23-17)16-10-5-6-11-18(16)28-4/h5-13,24H,1-4H3,(H,22,25). The van der Waals surface area contributed by atoms with Crippen molar-refractivity contribution in [3.63, 3.8) is 0 Å². The first-order chi connectivity index (χ1) is 14.1. The summed E-state index contributed by atoms with van der Waals surface area (Å²) in [5.41, 5.74) is 0.782. The average molecular weight is 446 g/mol. The van der Waals surface area contributed by atoms with Gasteiger partial charge in [-0.05, 0) is 51.1 Å². The molecule has 0 saturated carbocycles. The van der Waals surface area contributed by atoms with Gasteiger partial charge < -0.3 is 10.1 Å². The molecule has 1 aromatic heterocycles. The number of para-hydroxylation sites is 1. The normalized spacial score (nSPS) is 11.9. The van der Waals surface area contributed by atoms with Crippen molar-refractivity contribution in [2.75, 3.05) is 12.4 Å². The second-order valence-electron chi connectivity index (χ2n) is 7.58. The second-order valence-corrected chi connectivity index (χ2v) is 10.1. The molecule has 1 amide bonds. The highest BCUT2D eigenvalue weighted by Crippen LogP contribution is 2.32. The average Bonchev–Trinajstić information content (AvgIpc) is 3.16. The Hall–Kier alpha value is -2.75. The van der Waals surface area contributed by atoms with Crippen LogP contribution in [-0.4, -0.2) is 32.0 Å². The molecule has 158 valence electrons. The first-order valence-corrected chi connectivity index (χ1v) is 11.5. The third-order valence-corrected chi connectivity index (χ3v) is 6.55. The first-order valence-electron chi connectivity index (χ1n) is 9.13. The number of thiazole rings is 1. The maximum absolute atomic E-state index is 12.6. The highest BCUT2D eigenvalue weighted by molar-refractivity contribution is 7.89. The molecule has 0 radical (unpaired) electrons. The maximum Gasteiger partial charge on any atom is 0.275 e. The van der Waals surface area contributed by atoms with Gasteiger partial charge in [0.15, 0.2) is 0 Å². The fraction of sp³-hybridized carbons (Fsp3) is 0.238. The van der Waals surface area contributed by atoms with Crippen molar-refractivity contribution in [3.8, 4) is 16.3 Å². The van der Waals surface area contributed by atoms with E-state index in [2.05, 4.69) is 15.0 Å². The molecule has 7 nitrogen and oxygen atoms in total. The summed E-state index contributed by atoms with van der Waals surface area (Å²) < 4.78 is 33.0. The molecule has 9 heteroatoms. The Morgan fingerprint density at radius 3 is 2.53 bits per heavy atom. The minimum Gasteiger partial charge on any atom is -0.496 e. The van der Waals surface area contributed by atoms with Crippen LogP contribution in [0.5, 0.6) is 5.75 Å². The number of methoxy groups -OCH3 is 1. The minimum atomic E-state index is -3.71. The molecular formula is C21H23N3O4S2. The summed E-state index contributed by atoms with van der Waals surface area (Å²) in [6.45, 7) is 5.28. The number of rotatable bonds is 6. The molecule has 0 fully saturated rings. The number of hydrogen-bond acceptors (Lipinski definition) is 6. The van der Waals surface area contributed by atoms with Gasteiger partial charge in [-0.1, -0.05) is 18.2 Å². The van der Waals surface area contributed by atoms with Crippen molar-refractivity contribution in [1.82, 2.24) is 9.71 Å². The number of carbonyl (C=O) groups is 1. The fourth-order valence-electron chi connectivity index (χ4n) is 2.72. The van der Waals surface area contributed by atoms with Crippen LogP contribution in [0, 0.1) is 0 Å². The Morgan fingerprint density at radius 2 is 1.83 bits per heavy atom. The summed E-state index contributed by atoms with van der Waals surface area (Å²) in [6.07, 6.45) is 0. The number of ether oxygens (including phenoxy) is 1. The van der Waals surface area contributed by atoms with Gasteiger partial charge in [-0.15, -0.1) is 11.3 Å². The Bertz CT molecular complexity index is 1160. The lowest BCUT2D eigenvalue weighted by molar-refractivity contribution is 0.102.